The van der Waals surface area contributed by atoms with Crippen LogP contribution in [0.15, 0.2) is 121 Å². The molecular formula is C45H60ClN3O4S. The molecule has 0 bridgehead atoms. The minimum absolute atomic E-state index is 0.0521. The Hall–Kier alpha value is -4.27. The fourth-order valence-corrected chi connectivity index (χ4v) is 5.67. The number of hydrogen-bond donors (Lipinski definition) is 3. The number of nitrogens with one attached hydrogen (secondary N) is 3. The van der Waals surface area contributed by atoms with E-state index in [1.165, 1.54) is 0 Å². The lowest BCUT2D eigenvalue weighted by molar-refractivity contribution is -0.134. The van der Waals surface area contributed by atoms with Crippen molar-refractivity contribution in [2.75, 3.05) is 31.1 Å². The summed E-state index contributed by atoms with van der Waals surface area (Å²) in [6, 6.07) is 14.3. The molecule has 0 aliphatic rings. The van der Waals surface area contributed by atoms with Gasteiger partial charge in [-0.25, -0.2) is 0 Å². The van der Waals surface area contributed by atoms with Gasteiger partial charge in [-0.3, -0.25) is 14.4 Å². The van der Waals surface area contributed by atoms with Crippen LogP contribution in [0.25, 0.3) is 0 Å². The Kier molecular flexibility index (Phi) is 24.8. The van der Waals surface area contributed by atoms with Crippen LogP contribution in [-0.4, -0.2) is 54.5 Å². The summed E-state index contributed by atoms with van der Waals surface area (Å²) >= 11 is 7.56. The van der Waals surface area contributed by atoms with Crippen molar-refractivity contribution < 1.29 is 19.1 Å². The molecule has 2 aromatic carbocycles. The number of halogens is 1. The number of thioether (sulfide) groups is 1. The highest BCUT2D eigenvalue weighted by Gasteiger charge is 2.29. The smallest absolute Gasteiger partial charge is 0.263 e. The SMILES string of the molecule is CC/C=C\C/C=C\C/C=C\C/C=C\C/C=C\C/C=C\CCC(=O)NCCSCCNC(=O)C(C)(C)Oc1ccc(CCNC(=O)c2ccc(Cl)cc2)cc1. The van der Waals surface area contributed by atoms with E-state index in [1.807, 2.05) is 24.3 Å². The second kappa shape index (κ2) is 29.1. The Morgan fingerprint density at radius 2 is 1.19 bits per heavy atom. The number of ether oxygens (including phenoxy) is 1. The van der Waals surface area contributed by atoms with E-state index < -0.39 is 5.60 Å². The van der Waals surface area contributed by atoms with Gasteiger partial charge in [-0.05, 0) is 107 Å². The second-order valence-corrected chi connectivity index (χ2v) is 14.6. The Bertz CT molecular complexity index is 1540. The van der Waals surface area contributed by atoms with Gasteiger partial charge in [0.2, 0.25) is 5.91 Å². The van der Waals surface area contributed by atoms with E-state index in [-0.39, 0.29) is 17.7 Å². The topological polar surface area (TPSA) is 96.5 Å². The van der Waals surface area contributed by atoms with Crippen LogP contribution in [-0.2, 0) is 16.0 Å². The van der Waals surface area contributed by atoms with Crippen LogP contribution in [0.1, 0.15) is 88.1 Å². The van der Waals surface area contributed by atoms with E-state index >= 15 is 0 Å². The highest BCUT2D eigenvalue weighted by atomic mass is 35.5. The van der Waals surface area contributed by atoms with Crippen LogP contribution in [0.2, 0.25) is 5.02 Å². The lowest BCUT2D eigenvalue weighted by atomic mass is 10.1. The molecular weight excluding hydrogens is 714 g/mol. The molecule has 3 N–H and O–H groups in total. The zero-order valence-electron chi connectivity index (χ0n) is 32.4. The molecule has 0 heterocycles. The molecule has 0 aliphatic heterocycles. The largest absolute Gasteiger partial charge is 0.478 e. The summed E-state index contributed by atoms with van der Waals surface area (Å²) < 4.78 is 5.99. The average molecular weight is 775 g/mol. The first-order chi connectivity index (χ1) is 26.2. The first kappa shape index (κ1) is 45.9. The van der Waals surface area contributed by atoms with Gasteiger partial charge in [-0.2, -0.15) is 11.8 Å². The zero-order valence-corrected chi connectivity index (χ0v) is 33.9. The molecule has 2 aromatic rings. The number of carbonyl (C=O) groups excluding carboxylic acids is 3. The molecule has 0 radical (unpaired) electrons. The van der Waals surface area contributed by atoms with Crippen molar-refractivity contribution >= 4 is 41.1 Å². The van der Waals surface area contributed by atoms with Gasteiger partial charge in [0.1, 0.15) is 5.75 Å². The number of rotatable bonds is 27. The summed E-state index contributed by atoms with van der Waals surface area (Å²) in [5, 5.41) is 9.41. The van der Waals surface area contributed by atoms with E-state index in [0.29, 0.717) is 48.8 Å². The van der Waals surface area contributed by atoms with Crippen molar-refractivity contribution in [2.24, 2.45) is 0 Å². The maximum Gasteiger partial charge on any atom is 0.263 e. The molecule has 0 saturated carbocycles. The van der Waals surface area contributed by atoms with Gasteiger partial charge in [-0.1, -0.05) is 104 Å². The molecule has 0 unspecified atom stereocenters. The Morgan fingerprint density at radius 1 is 0.667 bits per heavy atom. The van der Waals surface area contributed by atoms with Crippen LogP contribution in [0, 0.1) is 0 Å². The third kappa shape index (κ3) is 22.7. The summed E-state index contributed by atoms with van der Waals surface area (Å²) in [5.41, 5.74) is 0.560. The van der Waals surface area contributed by atoms with Crippen molar-refractivity contribution in [3.8, 4) is 5.75 Å². The van der Waals surface area contributed by atoms with Gasteiger partial charge in [0.15, 0.2) is 5.60 Å². The van der Waals surface area contributed by atoms with Gasteiger partial charge < -0.3 is 20.7 Å². The minimum atomic E-state index is -1.05. The first-order valence-corrected chi connectivity index (χ1v) is 20.6. The van der Waals surface area contributed by atoms with Crippen molar-refractivity contribution in [1.82, 2.24) is 16.0 Å². The fraction of sp³-hybridized carbons (Fsp3) is 0.400. The predicted molar refractivity (Wildman–Crippen MR) is 229 cm³/mol. The van der Waals surface area contributed by atoms with Gasteiger partial charge >= 0.3 is 0 Å². The lowest BCUT2D eigenvalue weighted by Crippen LogP contribution is -2.47. The van der Waals surface area contributed by atoms with Gasteiger partial charge in [0, 0.05) is 48.1 Å². The van der Waals surface area contributed by atoms with Crippen molar-refractivity contribution in [1.29, 1.82) is 0 Å². The third-order valence-electron chi connectivity index (χ3n) is 7.88. The molecule has 0 spiro atoms. The average Bonchev–Trinajstić information content (AvgIpc) is 3.16. The van der Waals surface area contributed by atoms with E-state index in [0.717, 1.165) is 62.0 Å². The van der Waals surface area contributed by atoms with Gasteiger partial charge in [0.25, 0.3) is 11.8 Å². The van der Waals surface area contributed by atoms with Crippen LogP contribution < -0.4 is 20.7 Å². The van der Waals surface area contributed by atoms with Gasteiger partial charge in [0.05, 0.1) is 0 Å². The number of hydrogen-bond acceptors (Lipinski definition) is 5. The third-order valence-corrected chi connectivity index (χ3v) is 9.12. The van der Waals surface area contributed by atoms with Crippen LogP contribution in [0.4, 0.5) is 0 Å². The van der Waals surface area contributed by atoms with E-state index in [9.17, 15) is 14.4 Å². The Morgan fingerprint density at radius 3 is 1.74 bits per heavy atom. The Labute approximate surface area is 333 Å². The van der Waals surface area contributed by atoms with Gasteiger partial charge in [-0.15, -0.1) is 0 Å². The predicted octanol–water partition coefficient (Wildman–Crippen LogP) is 9.91. The highest BCUT2D eigenvalue weighted by molar-refractivity contribution is 7.99. The summed E-state index contributed by atoms with van der Waals surface area (Å²) in [6.07, 6.45) is 33.8. The molecule has 0 aromatic heterocycles. The maximum atomic E-state index is 12.8. The minimum Gasteiger partial charge on any atom is -0.478 e. The highest BCUT2D eigenvalue weighted by Crippen LogP contribution is 2.20. The second-order valence-electron chi connectivity index (χ2n) is 12.9. The first-order valence-electron chi connectivity index (χ1n) is 19.1. The number of carbonyl (C=O) groups is 3. The molecule has 0 atom stereocenters. The van der Waals surface area contributed by atoms with Crippen molar-refractivity contribution in [3.05, 3.63) is 138 Å². The standard InChI is InChI=1S/C45H60ClN3O4S/c1-4-5-6-7-8-9-10-11-12-13-14-15-16-17-18-19-20-21-22-23-42(50)47-34-36-54-37-35-49-44(52)45(2,3)53-41-30-24-38(25-31-41)32-33-48-43(51)39-26-28-40(46)29-27-39/h5-6,8-9,11-12,14-15,17-18,20-21,24-31H,4,7,10,13,16,19,22-23,32-37H2,1-3H3,(H,47,50)(H,48,51)(H,49,52)/b6-5-,9-8-,12-11-,15-14-,18-17-,21-20-. The lowest BCUT2D eigenvalue weighted by Gasteiger charge is -2.25. The van der Waals surface area contributed by atoms with E-state index in [1.54, 1.807) is 49.9 Å². The normalized spacial score (nSPS) is 12.2. The van der Waals surface area contributed by atoms with Crippen LogP contribution in [0.3, 0.4) is 0 Å². The number of allylic oxidation sites excluding steroid dienone is 12. The molecule has 9 heteroatoms. The van der Waals surface area contributed by atoms with E-state index in [2.05, 4.69) is 95.8 Å². The summed E-state index contributed by atoms with van der Waals surface area (Å²) in [7, 11) is 0. The van der Waals surface area contributed by atoms with Crippen molar-refractivity contribution in [3.63, 3.8) is 0 Å². The quantitative estimate of drug-likeness (QED) is 0.0621. The van der Waals surface area contributed by atoms with E-state index in [4.69, 9.17) is 16.3 Å². The number of amides is 3. The molecule has 2 rings (SSSR count). The summed E-state index contributed by atoms with van der Waals surface area (Å²) in [6.45, 7) is 7.23. The van der Waals surface area contributed by atoms with Crippen molar-refractivity contribution in [2.45, 2.75) is 84.2 Å². The molecule has 0 aliphatic carbocycles. The maximum absolute atomic E-state index is 12.8. The molecule has 292 valence electrons. The fourth-order valence-electron chi connectivity index (χ4n) is 4.85. The van der Waals surface area contributed by atoms with Crippen LogP contribution >= 0.6 is 23.4 Å². The molecule has 54 heavy (non-hydrogen) atoms. The zero-order chi connectivity index (χ0) is 39.1. The summed E-state index contributed by atoms with van der Waals surface area (Å²) in [5.74, 6) is 1.82. The Balaban J connectivity index is 1.46. The van der Waals surface area contributed by atoms with Crippen LogP contribution in [0.5, 0.6) is 5.75 Å². The molecule has 7 nitrogen and oxygen atoms in total. The number of benzene rings is 2. The molecule has 0 fully saturated rings. The molecule has 3 amide bonds. The monoisotopic (exact) mass is 773 g/mol. The summed E-state index contributed by atoms with van der Waals surface area (Å²) in [4.78, 5) is 37.2. The molecule has 0 saturated heterocycles.